The van der Waals surface area contributed by atoms with Crippen molar-refractivity contribution in [2.45, 2.75) is 27.3 Å². The lowest BCUT2D eigenvalue weighted by Gasteiger charge is -2.13. The van der Waals surface area contributed by atoms with Gasteiger partial charge >= 0.3 is 5.97 Å². The van der Waals surface area contributed by atoms with E-state index in [0.717, 1.165) is 28.6 Å². The monoisotopic (exact) mass is 403 g/mol. The van der Waals surface area contributed by atoms with E-state index in [1.165, 1.54) is 12.1 Å². The lowest BCUT2D eigenvalue weighted by atomic mass is 10.2. The Kier molecular flexibility index (Phi) is 7.64. The van der Waals surface area contributed by atoms with Crippen LogP contribution in [0.4, 0.5) is 10.2 Å². The zero-order valence-electron chi connectivity index (χ0n) is 16.0. The molecule has 1 heterocycles. The van der Waals surface area contributed by atoms with Gasteiger partial charge in [-0.1, -0.05) is 12.1 Å². The summed E-state index contributed by atoms with van der Waals surface area (Å²) in [6.07, 6.45) is 0. The van der Waals surface area contributed by atoms with Crippen molar-refractivity contribution in [2.75, 3.05) is 23.4 Å². The van der Waals surface area contributed by atoms with Crippen LogP contribution in [0.3, 0.4) is 0 Å². The molecular weight excluding hydrogens is 381 g/mol. The summed E-state index contributed by atoms with van der Waals surface area (Å²) in [4.78, 5) is 23.7. The molecule has 0 aliphatic rings. The predicted molar refractivity (Wildman–Crippen MR) is 107 cm³/mol. The molecule has 1 aromatic heterocycles. The van der Waals surface area contributed by atoms with Crippen molar-refractivity contribution in [1.29, 1.82) is 5.26 Å². The second-order valence-corrected chi connectivity index (χ2v) is 7.09. The van der Waals surface area contributed by atoms with Crippen LogP contribution >= 0.6 is 11.8 Å². The first kappa shape index (κ1) is 21.5. The normalized spacial score (nSPS) is 10.4. The number of carbonyl (C=O) groups is 2. The number of nitrogens with one attached hydrogen (secondary N) is 1. The number of halogens is 1. The van der Waals surface area contributed by atoms with E-state index in [4.69, 9.17) is 4.74 Å². The van der Waals surface area contributed by atoms with E-state index in [0.29, 0.717) is 24.5 Å². The quantitative estimate of drug-likeness (QED) is 0.683. The number of aromatic nitrogens is 1. The van der Waals surface area contributed by atoms with Gasteiger partial charge in [-0.2, -0.15) is 5.26 Å². The maximum Gasteiger partial charge on any atom is 0.315 e. The molecule has 0 atom stereocenters. The summed E-state index contributed by atoms with van der Waals surface area (Å²) in [7, 11) is 0. The number of amides is 1. The number of hydrogen-bond donors (Lipinski definition) is 1. The third kappa shape index (κ3) is 5.36. The number of anilines is 1. The summed E-state index contributed by atoms with van der Waals surface area (Å²) >= 11 is 1.14. The van der Waals surface area contributed by atoms with Gasteiger partial charge in [0, 0.05) is 12.2 Å². The second kappa shape index (κ2) is 9.95. The zero-order valence-corrected chi connectivity index (χ0v) is 16.9. The first-order chi connectivity index (χ1) is 13.4. The topological polar surface area (TPSA) is 84.1 Å². The molecule has 0 radical (unpaired) electrons. The molecule has 2 aromatic rings. The number of carbonyl (C=O) groups excluding carboxylic acids is 2. The van der Waals surface area contributed by atoms with Crippen molar-refractivity contribution in [2.24, 2.45) is 0 Å². The highest BCUT2D eigenvalue weighted by Crippen LogP contribution is 2.27. The molecule has 0 spiro atoms. The summed E-state index contributed by atoms with van der Waals surface area (Å²) in [6, 6.07) is 8.21. The molecule has 8 heteroatoms. The molecule has 0 bridgehead atoms. The number of benzene rings is 1. The number of nitriles is 1. The standard InChI is InChI=1S/C20H22FN3O3S/c1-4-27-19(26)12-28-11-18(25)23-20-17(9-22)13(2)14(3)24(20)10-15-5-7-16(21)8-6-15/h5-8H,4,10-12H2,1-3H3,(H,23,25). The molecule has 2 rings (SSSR count). The summed E-state index contributed by atoms with van der Waals surface area (Å²) in [5.74, 6) is -0.463. The van der Waals surface area contributed by atoms with Crippen molar-refractivity contribution in [3.8, 4) is 6.07 Å². The highest BCUT2D eigenvalue weighted by atomic mass is 32.2. The minimum absolute atomic E-state index is 0.0590. The van der Waals surface area contributed by atoms with Crippen LogP contribution in [0.2, 0.25) is 0 Å². The van der Waals surface area contributed by atoms with Gasteiger partial charge in [0.25, 0.3) is 0 Å². The van der Waals surface area contributed by atoms with Crippen LogP contribution in [-0.2, 0) is 20.9 Å². The Bertz CT molecular complexity index is 901. The van der Waals surface area contributed by atoms with Gasteiger partial charge in [-0.05, 0) is 44.0 Å². The molecule has 28 heavy (non-hydrogen) atoms. The summed E-state index contributed by atoms with van der Waals surface area (Å²) < 4.78 is 19.8. The average Bonchev–Trinajstić information content (AvgIpc) is 2.87. The molecular formula is C20H22FN3O3S. The Hall–Kier alpha value is -2.79. The Morgan fingerprint density at radius 3 is 2.54 bits per heavy atom. The van der Waals surface area contributed by atoms with Crippen molar-refractivity contribution in [3.63, 3.8) is 0 Å². The van der Waals surface area contributed by atoms with Crippen LogP contribution in [-0.4, -0.2) is 34.6 Å². The van der Waals surface area contributed by atoms with Gasteiger partial charge < -0.3 is 14.6 Å². The summed E-state index contributed by atoms with van der Waals surface area (Å²) in [5, 5.41) is 12.3. The minimum atomic E-state index is -0.371. The van der Waals surface area contributed by atoms with Crippen molar-refractivity contribution < 1.29 is 18.7 Å². The van der Waals surface area contributed by atoms with E-state index in [9.17, 15) is 19.2 Å². The smallest absolute Gasteiger partial charge is 0.315 e. The van der Waals surface area contributed by atoms with Crippen molar-refractivity contribution >= 4 is 29.5 Å². The molecule has 6 nitrogen and oxygen atoms in total. The van der Waals surface area contributed by atoms with Gasteiger partial charge in [-0.3, -0.25) is 9.59 Å². The SMILES string of the molecule is CCOC(=O)CSCC(=O)Nc1c(C#N)c(C)c(C)n1Cc1ccc(F)cc1. The van der Waals surface area contributed by atoms with Crippen molar-refractivity contribution in [3.05, 3.63) is 52.5 Å². The molecule has 1 amide bonds. The highest BCUT2D eigenvalue weighted by Gasteiger charge is 2.20. The lowest BCUT2D eigenvalue weighted by molar-refractivity contribution is -0.139. The van der Waals surface area contributed by atoms with Gasteiger partial charge in [-0.25, -0.2) is 4.39 Å². The Morgan fingerprint density at radius 2 is 1.93 bits per heavy atom. The van der Waals surface area contributed by atoms with E-state index in [1.807, 2.05) is 18.4 Å². The molecule has 148 valence electrons. The van der Waals surface area contributed by atoms with E-state index in [2.05, 4.69) is 11.4 Å². The van der Waals surface area contributed by atoms with Crippen LogP contribution in [0.25, 0.3) is 0 Å². The van der Waals surface area contributed by atoms with Crippen LogP contribution in [0, 0.1) is 31.0 Å². The summed E-state index contributed by atoms with van der Waals surface area (Å²) in [5.41, 5.74) is 2.86. The Balaban J connectivity index is 2.17. The Morgan fingerprint density at radius 1 is 1.25 bits per heavy atom. The number of ether oxygens (including phenoxy) is 1. The first-order valence-corrected chi connectivity index (χ1v) is 9.90. The molecule has 0 saturated heterocycles. The van der Waals surface area contributed by atoms with E-state index in [-0.39, 0.29) is 29.2 Å². The molecule has 1 N–H and O–H groups in total. The fourth-order valence-corrected chi connectivity index (χ4v) is 3.31. The number of hydrogen-bond acceptors (Lipinski definition) is 5. The van der Waals surface area contributed by atoms with Crippen molar-refractivity contribution in [1.82, 2.24) is 4.57 Å². The second-order valence-electron chi connectivity index (χ2n) is 6.10. The third-order valence-corrected chi connectivity index (χ3v) is 5.12. The van der Waals surface area contributed by atoms with E-state index < -0.39 is 0 Å². The fourth-order valence-electron chi connectivity index (χ4n) is 2.70. The molecule has 0 saturated carbocycles. The van der Waals surface area contributed by atoms with Crippen LogP contribution < -0.4 is 5.32 Å². The first-order valence-electron chi connectivity index (χ1n) is 8.74. The molecule has 0 fully saturated rings. The maximum atomic E-state index is 13.2. The Labute approximate surface area is 167 Å². The van der Waals surface area contributed by atoms with Gasteiger partial charge in [0.15, 0.2) is 0 Å². The fraction of sp³-hybridized carbons (Fsp3) is 0.350. The molecule has 0 aliphatic heterocycles. The molecule has 0 aliphatic carbocycles. The predicted octanol–water partition coefficient (Wildman–Crippen LogP) is 3.40. The average molecular weight is 403 g/mol. The van der Waals surface area contributed by atoms with Crippen LogP contribution in [0.5, 0.6) is 0 Å². The number of nitrogens with zero attached hydrogens (tertiary/aromatic N) is 2. The van der Waals surface area contributed by atoms with E-state index in [1.54, 1.807) is 19.1 Å². The largest absolute Gasteiger partial charge is 0.465 e. The maximum absolute atomic E-state index is 13.2. The van der Waals surface area contributed by atoms with Crippen LogP contribution in [0.1, 0.15) is 29.3 Å². The number of rotatable bonds is 8. The van der Waals surface area contributed by atoms with Gasteiger partial charge in [0.2, 0.25) is 5.91 Å². The minimum Gasteiger partial charge on any atom is -0.465 e. The number of thioether (sulfide) groups is 1. The highest BCUT2D eigenvalue weighted by molar-refractivity contribution is 8.00. The number of esters is 1. The van der Waals surface area contributed by atoms with E-state index >= 15 is 0 Å². The summed E-state index contributed by atoms with van der Waals surface area (Å²) in [6.45, 7) is 6.09. The zero-order chi connectivity index (χ0) is 20.7. The van der Waals surface area contributed by atoms with Gasteiger partial charge in [0.1, 0.15) is 17.7 Å². The van der Waals surface area contributed by atoms with Gasteiger partial charge in [0.05, 0.1) is 23.7 Å². The lowest BCUT2D eigenvalue weighted by Crippen LogP contribution is -2.19. The van der Waals surface area contributed by atoms with Gasteiger partial charge in [-0.15, -0.1) is 11.8 Å². The molecule has 1 aromatic carbocycles. The molecule has 0 unspecified atom stereocenters. The third-order valence-electron chi connectivity index (χ3n) is 4.21. The van der Waals surface area contributed by atoms with Crippen LogP contribution in [0.15, 0.2) is 24.3 Å².